The Morgan fingerprint density at radius 3 is 2.71 bits per heavy atom. The lowest BCUT2D eigenvalue weighted by Crippen LogP contribution is -2.35. The lowest BCUT2D eigenvalue weighted by Gasteiger charge is -2.20. The van der Waals surface area contributed by atoms with E-state index < -0.39 is 0 Å². The Balaban J connectivity index is 2.31. The molecule has 1 aromatic carbocycles. The summed E-state index contributed by atoms with van der Waals surface area (Å²) in [6, 6.07) is 7.55. The molecule has 3 rings (SSSR count). The van der Waals surface area contributed by atoms with Gasteiger partial charge in [-0.2, -0.15) is 0 Å². The lowest BCUT2D eigenvalue weighted by atomic mass is 10.1. The second kappa shape index (κ2) is 5.56. The summed E-state index contributed by atoms with van der Waals surface area (Å²) in [5.74, 6) is 0.764. The van der Waals surface area contributed by atoms with E-state index in [1.807, 2.05) is 38.1 Å². The molecule has 21 heavy (non-hydrogen) atoms. The number of hydrogen-bond acceptors (Lipinski definition) is 3. The summed E-state index contributed by atoms with van der Waals surface area (Å²) in [6.45, 7) is 5.96. The minimum absolute atomic E-state index is 0.136. The normalized spacial score (nSPS) is 13.4. The summed E-state index contributed by atoms with van der Waals surface area (Å²) in [7, 11) is 0. The molecule has 2 aromatic rings. The molecule has 4 nitrogen and oxygen atoms in total. The molecule has 1 amide bonds. The molecule has 5 heteroatoms. The van der Waals surface area contributed by atoms with Gasteiger partial charge in [-0.3, -0.25) is 9.59 Å². The van der Waals surface area contributed by atoms with E-state index in [1.54, 1.807) is 16.7 Å². The number of aryl methyl sites for hydroxylation is 1. The summed E-state index contributed by atoms with van der Waals surface area (Å²) in [6.07, 6.45) is 0. The van der Waals surface area contributed by atoms with E-state index in [-0.39, 0.29) is 11.3 Å². The van der Waals surface area contributed by atoms with Gasteiger partial charge in [-0.05, 0) is 26.0 Å². The van der Waals surface area contributed by atoms with Gasteiger partial charge in [0.15, 0.2) is 0 Å². The van der Waals surface area contributed by atoms with Crippen molar-refractivity contribution in [1.29, 1.82) is 0 Å². The molecule has 0 saturated carbocycles. The van der Waals surface area contributed by atoms with Crippen LogP contribution in [0.3, 0.4) is 0 Å². The molecule has 0 radical (unpaired) electrons. The van der Waals surface area contributed by atoms with Crippen LogP contribution in [0.15, 0.2) is 34.1 Å². The molecule has 110 valence electrons. The number of carbonyl (C=O) groups is 1. The number of para-hydroxylation sites is 1. The van der Waals surface area contributed by atoms with E-state index >= 15 is 0 Å². The van der Waals surface area contributed by atoms with Crippen LogP contribution in [0.5, 0.6) is 0 Å². The number of carbonyl (C=O) groups excluding carboxylic acids is 1. The Hall–Kier alpha value is -1.75. The van der Waals surface area contributed by atoms with Gasteiger partial charge in [0.1, 0.15) is 5.56 Å². The number of pyridine rings is 1. The van der Waals surface area contributed by atoms with E-state index in [9.17, 15) is 9.59 Å². The molecular formula is C16H18N2O2S. The minimum Gasteiger partial charge on any atom is -0.339 e. The molecule has 0 aliphatic carbocycles. The highest BCUT2D eigenvalue weighted by molar-refractivity contribution is 7.99. The number of hydrogen-bond donors (Lipinski definition) is 0. The molecule has 0 N–H and O–H groups in total. The number of aromatic nitrogens is 1. The van der Waals surface area contributed by atoms with E-state index in [1.165, 1.54) is 0 Å². The predicted molar refractivity (Wildman–Crippen MR) is 86.2 cm³/mol. The molecule has 0 unspecified atom stereocenters. The Morgan fingerprint density at radius 2 is 2.00 bits per heavy atom. The zero-order valence-electron chi connectivity index (χ0n) is 12.3. The van der Waals surface area contributed by atoms with E-state index in [0.29, 0.717) is 24.0 Å². The number of amides is 1. The van der Waals surface area contributed by atoms with Crippen molar-refractivity contribution in [3.8, 4) is 0 Å². The highest BCUT2D eigenvalue weighted by Crippen LogP contribution is 2.31. The molecule has 0 fully saturated rings. The van der Waals surface area contributed by atoms with Crippen molar-refractivity contribution < 1.29 is 4.79 Å². The van der Waals surface area contributed by atoms with Gasteiger partial charge in [0.2, 0.25) is 5.43 Å². The predicted octanol–water partition coefficient (Wildman–Crippen LogP) is 2.59. The molecule has 1 aliphatic heterocycles. The van der Waals surface area contributed by atoms with Crippen molar-refractivity contribution in [2.45, 2.75) is 25.4 Å². The van der Waals surface area contributed by atoms with Crippen LogP contribution in [-0.4, -0.2) is 34.2 Å². The van der Waals surface area contributed by atoms with E-state index in [0.717, 1.165) is 22.8 Å². The van der Waals surface area contributed by atoms with Crippen molar-refractivity contribution >= 4 is 28.6 Å². The molecule has 0 saturated heterocycles. The first-order chi connectivity index (χ1) is 10.2. The van der Waals surface area contributed by atoms with Crippen LogP contribution in [0.2, 0.25) is 0 Å². The van der Waals surface area contributed by atoms with Crippen LogP contribution in [-0.2, 0) is 6.54 Å². The maximum absolute atomic E-state index is 12.8. The topological polar surface area (TPSA) is 42.3 Å². The summed E-state index contributed by atoms with van der Waals surface area (Å²) in [4.78, 5) is 27.2. The van der Waals surface area contributed by atoms with E-state index in [2.05, 4.69) is 4.57 Å². The van der Waals surface area contributed by atoms with Crippen LogP contribution in [0.1, 0.15) is 24.2 Å². The molecule has 1 aromatic heterocycles. The van der Waals surface area contributed by atoms with Crippen LogP contribution in [0.4, 0.5) is 0 Å². The third-order valence-electron chi connectivity index (χ3n) is 3.94. The smallest absolute Gasteiger partial charge is 0.260 e. The first kappa shape index (κ1) is 14.2. The summed E-state index contributed by atoms with van der Waals surface area (Å²) in [5, 5.41) is 1.47. The van der Waals surface area contributed by atoms with Gasteiger partial charge in [0, 0.05) is 30.8 Å². The van der Waals surface area contributed by atoms with E-state index in [4.69, 9.17) is 0 Å². The fourth-order valence-corrected chi connectivity index (χ4v) is 3.98. The first-order valence-corrected chi connectivity index (χ1v) is 8.25. The van der Waals surface area contributed by atoms with Gasteiger partial charge in [0.25, 0.3) is 5.91 Å². The summed E-state index contributed by atoms with van der Waals surface area (Å²) >= 11 is 1.61. The molecule has 0 atom stereocenters. The monoisotopic (exact) mass is 302 g/mol. The van der Waals surface area contributed by atoms with Crippen LogP contribution < -0.4 is 5.43 Å². The van der Waals surface area contributed by atoms with Gasteiger partial charge in [-0.15, -0.1) is 11.8 Å². The molecule has 2 heterocycles. The zero-order chi connectivity index (χ0) is 15.0. The molecule has 0 bridgehead atoms. The quantitative estimate of drug-likeness (QED) is 0.875. The van der Waals surface area contributed by atoms with Crippen molar-refractivity contribution in [2.24, 2.45) is 0 Å². The standard InChI is InChI=1S/C16H18N2O2S/c1-3-17(4-2)15(20)13-14(19)11-7-5-6-8-12(11)18-9-10-21-16(13)18/h5-8H,3-4,9-10H2,1-2H3. The zero-order valence-corrected chi connectivity index (χ0v) is 13.1. The van der Waals surface area contributed by atoms with Crippen LogP contribution >= 0.6 is 11.8 Å². The Morgan fingerprint density at radius 1 is 1.29 bits per heavy atom. The van der Waals surface area contributed by atoms with Crippen molar-refractivity contribution in [2.75, 3.05) is 18.8 Å². The Labute approximate surface area is 127 Å². The van der Waals surface area contributed by atoms with Crippen molar-refractivity contribution in [3.63, 3.8) is 0 Å². The SMILES string of the molecule is CCN(CC)C(=O)c1c2n(c3ccccc3c1=O)CCS2. The Kier molecular flexibility index (Phi) is 3.76. The third-order valence-corrected chi connectivity index (χ3v) is 5.03. The fraction of sp³-hybridized carbons (Fsp3) is 0.375. The number of rotatable bonds is 3. The maximum atomic E-state index is 12.8. The average Bonchev–Trinajstić information content (AvgIpc) is 2.98. The molecule has 1 aliphatic rings. The van der Waals surface area contributed by atoms with Gasteiger partial charge in [-0.25, -0.2) is 0 Å². The van der Waals surface area contributed by atoms with Gasteiger partial charge in [-0.1, -0.05) is 12.1 Å². The molecule has 0 spiro atoms. The second-order valence-corrected chi connectivity index (χ2v) is 6.09. The van der Waals surface area contributed by atoms with Gasteiger partial charge < -0.3 is 9.47 Å². The average molecular weight is 302 g/mol. The lowest BCUT2D eigenvalue weighted by molar-refractivity contribution is 0.0767. The van der Waals surface area contributed by atoms with Crippen LogP contribution in [0.25, 0.3) is 10.9 Å². The number of fused-ring (bicyclic) bond motifs is 3. The number of nitrogens with zero attached hydrogens (tertiary/aromatic N) is 2. The summed E-state index contributed by atoms with van der Waals surface area (Å²) < 4.78 is 2.11. The fourth-order valence-electron chi connectivity index (χ4n) is 2.84. The highest BCUT2D eigenvalue weighted by atomic mass is 32.2. The van der Waals surface area contributed by atoms with Gasteiger partial charge in [0.05, 0.1) is 10.5 Å². The highest BCUT2D eigenvalue weighted by Gasteiger charge is 2.27. The Bertz CT molecular complexity index is 763. The maximum Gasteiger partial charge on any atom is 0.260 e. The van der Waals surface area contributed by atoms with Crippen LogP contribution in [0, 0.1) is 0 Å². The summed E-state index contributed by atoms with van der Waals surface area (Å²) in [5.41, 5.74) is 1.14. The first-order valence-electron chi connectivity index (χ1n) is 7.26. The number of thioether (sulfide) groups is 1. The number of benzene rings is 1. The molecular weight excluding hydrogens is 284 g/mol. The second-order valence-electron chi connectivity index (χ2n) is 5.00. The van der Waals surface area contributed by atoms with Crippen molar-refractivity contribution in [1.82, 2.24) is 9.47 Å². The largest absolute Gasteiger partial charge is 0.339 e. The third kappa shape index (κ3) is 2.16. The van der Waals surface area contributed by atoms with Gasteiger partial charge >= 0.3 is 0 Å². The van der Waals surface area contributed by atoms with Crippen molar-refractivity contribution in [3.05, 3.63) is 40.1 Å². The minimum atomic E-state index is -0.145.